The van der Waals surface area contributed by atoms with Crippen molar-refractivity contribution < 1.29 is 14.3 Å². The SMILES string of the molecule is CC(C)(C)C1CC(NC(=O)O)(c2ccccc2F)CCN1c1nc(C#N)c2c(Br)c[nH]c2n1. The van der Waals surface area contributed by atoms with Crippen LogP contribution in [-0.2, 0) is 5.54 Å². The zero-order chi connectivity index (χ0) is 24.0. The van der Waals surface area contributed by atoms with E-state index in [2.05, 4.69) is 42.3 Å². The van der Waals surface area contributed by atoms with Crippen LogP contribution in [0, 0.1) is 22.6 Å². The molecule has 172 valence electrons. The Bertz CT molecular complexity index is 1260. The standard InChI is InChI=1S/C23H24BrFN6O2/c1-22(2,3)17-10-23(30-21(32)33,13-6-4-5-7-15(13)25)8-9-31(17)20-28-16(11-26)18-14(24)12-27-19(18)29-20/h4-7,12,17,30H,8-10H2,1-3H3,(H,32,33)(H,27,28,29). The Morgan fingerprint density at radius 1 is 1.39 bits per heavy atom. The van der Waals surface area contributed by atoms with Gasteiger partial charge in [0.1, 0.15) is 17.5 Å². The molecule has 0 radical (unpaired) electrons. The summed E-state index contributed by atoms with van der Waals surface area (Å²) in [6, 6.07) is 8.16. The molecule has 0 bridgehead atoms. The molecule has 0 aliphatic carbocycles. The van der Waals surface area contributed by atoms with E-state index in [-0.39, 0.29) is 17.2 Å². The highest BCUT2D eigenvalue weighted by molar-refractivity contribution is 9.10. The van der Waals surface area contributed by atoms with Gasteiger partial charge in [-0.1, -0.05) is 39.0 Å². The Morgan fingerprint density at radius 3 is 2.76 bits per heavy atom. The first kappa shape index (κ1) is 23.0. The average molecular weight is 515 g/mol. The third-order valence-corrected chi connectivity index (χ3v) is 6.89. The second-order valence-corrected chi connectivity index (χ2v) is 10.2. The molecule has 4 rings (SSSR count). The van der Waals surface area contributed by atoms with Crippen LogP contribution < -0.4 is 10.2 Å². The van der Waals surface area contributed by atoms with Gasteiger partial charge in [0.15, 0.2) is 5.69 Å². The van der Waals surface area contributed by atoms with Crippen molar-refractivity contribution in [1.82, 2.24) is 20.3 Å². The first-order chi connectivity index (χ1) is 15.6. The maximum atomic E-state index is 14.9. The van der Waals surface area contributed by atoms with Gasteiger partial charge in [0.25, 0.3) is 0 Å². The molecular formula is C23H24BrFN6O2. The molecule has 1 aromatic carbocycles. The highest BCUT2D eigenvalue weighted by Crippen LogP contribution is 2.44. The lowest BCUT2D eigenvalue weighted by Gasteiger charge is -2.51. The number of carbonyl (C=O) groups is 1. The third-order valence-electron chi connectivity index (χ3n) is 6.27. The number of nitrogens with zero attached hydrogens (tertiary/aromatic N) is 4. The molecule has 2 atom stereocenters. The van der Waals surface area contributed by atoms with Gasteiger partial charge in [0.05, 0.1) is 10.9 Å². The van der Waals surface area contributed by atoms with Crippen molar-refractivity contribution in [3.8, 4) is 6.07 Å². The lowest BCUT2D eigenvalue weighted by Crippen LogP contribution is -2.60. The zero-order valence-electron chi connectivity index (χ0n) is 18.5. The minimum Gasteiger partial charge on any atom is -0.465 e. The average Bonchev–Trinajstić information content (AvgIpc) is 3.13. The minimum absolute atomic E-state index is 0.241. The molecule has 2 unspecified atom stereocenters. The second kappa shape index (κ2) is 8.30. The van der Waals surface area contributed by atoms with Crippen molar-refractivity contribution in [1.29, 1.82) is 5.26 Å². The number of amides is 1. The van der Waals surface area contributed by atoms with Gasteiger partial charge in [-0.25, -0.2) is 14.2 Å². The lowest BCUT2D eigenvalue weighted by molar-refractivity contribution is 0.136. The van der Waals surface area contributed by atoms with Crippen LogP contribution in [0.5, 0.6) is 0 Å². The van der Waals surface area contributed by atoms with Gasteiger partial charge in [0, 0.05) is 28.8 Å². The molecule has 3 aromatic rings. The zero-order valence-corrected chi connectivity index (χ0v) is 20.1. The van der Waals surface area contributed by atoms with Crippen molar-refractivity contribution in [2.75, 3.05) is 11.4 Å². The number of aromatic nitrogens is 3. The van der Waals surface area contributed by atoms with Gasteiger partial charge < -0.3 is 20.3 Å². The Morgan fingerprint density at radius 2 is 2.12 bits per heavy atom. The van der Waals surface area contributed by atoms with E-state index in [1.807, 2.05) is 25.7 Å². The second-order valence-electron chi connectivity index (χ2n) is 9.37. The van der Waals surface area contributed by atoms with Crippen LogP contribution in [0.15, 0.2) is 34.9 Å². The van der Waals surface area contributed by atoms with Gasteiger partial charge in [-0.3, -0.25) is 0 Å². The Kier molecular flexibility index (Phi) is 5.78. The number of nitrogens with one attached hydrogen (secondary N) is 2. The number of piperidine rings is 1. The van der Waals surface area contributed by atoms with E-state index in [4.69, 9.17) is 0 Å². The molecule has 2 aromatic heterocycles. The molecule has 33 heavy (non-hydrogen) atoms. The quantitative estimate of drug-likeness (QED) is 0.456. The van der Waals surface area contributed by atoms with Crippen LogP contribution in [0.25, 0.3) is 11.0 Å². The summed E-state index contributed by atoms with van der Waals surface area (Å²) in [7, 11) is 0. The molecule has 1 saturated heterocycles. The number of hydrogen-bond donors (Lipinski definition) is 3. The number of anilines is 1. The molecule has 0 spiro atoms. The fourth-order valence-corrected chi connectivity index (χ4v) is 5.18. The van der Waals surface area contributed by atoms with Crippen LogP contribution in [-0.4, -0.2) is 38.7 Å². The Balaban J connectivity index is 1.82. The van der Waals surface area contributed by atoms with E-state index in [1.165, 1.54) is 6.07 Å². The minimum atomic E-state index is -1.21. The van der Waals surface area contributed by atoms with Crippen molar-refractivity contribution in [2.45, 2.75) is 45.2 Å². The van der Waals surface area contributed by atoms with Gasteiger partial charge in [-0.2, -0.15) is 10.2 Å². The monoisotopic (exact) mass is 514 g/mol. The van der Waals surface area contributed by atoms with Crippen molar-refractivity contribution in [2.24, 2.45) is 5.41 Å². The Hall–Kier alpha value is -3.19. The van der Waals surface area contributed by atoms with Gasteiger partial charge in [-0.15, -0.1) is 0 Å². The van der Waals surface area contributed by atoms with Crippen LogP contribution >= 0.6 is 15.9 Å². The molecule has 1 fully saturated rings. The van der Waals surface area contributed by atoms with E-state index >= 15 is 0 Å². The number of H-pyrrole nitrogens is 1. The maximum Gasteiger partial charge on any atom is 0.405 e. The van der Waals surface area contributed by atoms with Crippen molar-refractivity contribution >= 4 is 39.0 Å². The summed E-state index contributed by atoms with van der Waals surface area (Å²) in [6.45, 7) is 6.49. The van der Waals surface area contributed by atoms with E-state index in [1.54, 1.807) is 24.4 Å². The van der Waals surface area contributed by atoms with E-state index in [9.17, 15) is 19.6 Å². The number of nitriles is 1. The number of hydrogen-bond acceptors (Lipinski definition) is 5. The number of aromatic amines is 1. The normalized spacial score (nSPS) is 21.1. The lowest BCUT2D eigenvalue weighted by atomic mass is 9.70. The predicted molar refractivity (Wildman–Crippen MR) is 125 cm³/mol. The Labute approximate surface area is 199 Å². The molecule has 8 nitrogen and oxygen atoms in total. The van der Waals surface area contributed by atoms with Crippen LogP contribution in [0.2, 0.25) is 0 Å². The summed E-state index contributed by atoms with van der Waals surface area (Å²) in [5.41, 5.74) is -0.346. The van der Waals surface area contributed by atoms with Gasteiger partial charge in [0.2, 0.25) is 5.95 Å². The topological polar surface area (TPSA) is 118 Å². The molecule has 1 aliphatic rings. The fraction of sp³-hybridized carbons (Fsp3) is 0.391. The van der Waals surface area contributed by atoms with Crippen molar-refractivity contribution in [3.05, 3.63) is 52.0 Å². The molecule has 1 aliphatic heterocycles. The number of halogens is 2. The van der Waals surface area contributed by atoms with Crippen molar-refractivity contribution in [3.63, 3.8) is 0 Å². The number of rotatable bonds is 3. The van der Waals surface area contributed by atoms with E-state index < -0.39 is 17.4 Å². The van der Waals surface area contributed by atoms with Crippen LogP contribution in [0.3, 0.4) is 0 Å². The number of fused-ring (bicyclic) bond motifs is 1. The molecular weight excluding hydrogens is 491 g/mol. The molecule has 3 heterocycles. The summed E-state index contributed by atoms with van der Waals surface area (Å²) < 4.78 is 15.6. The highest BCUT2D eigenvalue weighted by atomic mass is 79.9. The number of carboxylic acid groups (broad SMARTS) is 1. The summed E-state index contributed by atoms with van der Waals surface area (Å²) in [5, 5.41) is 22.5. The summed E-state index contributed by atoms with van der Waals surface area (Å²) in [6.07, 6.45) is 1.12. The summed E-state index contributed by atoms with van der Waals surface area (Å²) in [5.74, 6) is -0.0705. The highest BCUT2D eigenvalue weighted by Gasteiger charge is 2.48. The predicted octanol–water partition coefficient (Wildman–Crippen LogP) is 4.91. The summed E-state index contributed by atoms with van der Waals surface area (Å²) >= 11 is 3.42. The van der Waals surface area contributed by atoms with Gasteiger partial charge in [-0.05, 0) is 40.3 Å². The largest absolute Gasteiger partial charge is 0.465 e. The maximum absolute atomic E-state index is 14.9. The third kappa shape index (κ3) is 4.13. The molecule has 0 saturated carbocycles. The first-order valence-corrected chi connectivity index (χ1v) is 11.3. The van der Waals surface area contributed by atoms with Crippen LogP contribution in [0.1, 0.15) is 44.9 Å². The first-order valence-electron chi connectivity index (χ1n) is 10.5. The number of benzene rings is 1. The molecule has 3 N–H and O–H groups in total. The molecule has 10 heteroatoms. The summed E-state index contributed by atoms with van der Waals surface area (Å²) in [4.78, 5) is 26.0. The smallest absolute Gasteiger partial charge is 0.405 e. The van der Waals surface area contributed by atoms with E-state index in [0.717, 1.165) is 0 Å². The van der Waals surface area contributed by atoms with E-state index in [0.29, 0.717) is 46.4 Å². The van der Waals surface area contributed by atoms with Gasteiger partial charge >= 0.3 is 6.09 Å². The molecule has 1 amide bonds. The fourth-order valence-electron chi connectivity index (χ4n) is 4.69. The van der Waals surface area contributed by atoms with Crippen LogP contribution in [0.4, 0.5) is 15.1 Å².